The van der Waals surface area contributed by atoms with Crippen molar-refractivity contribution in [2.75, 3.05) is 7.11 Å². The van der Waals surface area contributed by atoms with Gasteiger partial charge in [-0.15, -0.1) is 11.3 Å². The monoisotopic (exact) mass is 379 g/mol. The minimum atomic E-state index is -4.03. The second-order valence-corrected chi connectivity index (χ2v) is 6.97. The van der Waals surface area contributed by atoms with Gasteiger partial charge in [-0.05, 0) is 35.7 Å². The van der Waals surface area contributed by atoms with Gasteiger partial charge in [0.2, 0.25) is 0 Å². The van der Waals surface area contributed by atoms with Crippen LogP contribution in [0, 0.1) is 0 Å². The molecule has 23 heavy (non-hydrogen) atoms. The van der Waals surface area contributed by atoms with Crippen molar-refractivity contribution in [3.8, 4) is 5.75 Å². The van der Waals surface area contributed by atoms with Gasteiger partial charge in [0.25, 0.3) is 0 Å². The molecule has 0 aliphatic carbocycles. The number of halogens is 1. The number of hydrogen-bond donors (Lipinski definition) is 0. The largest absolute Gasteiger partial charge is 1.00 e. The van der Waals surface area contributed by atoms with Gasteiger partial charge in [0.05, 0.1) is 13.0 Å². The Labute approximate surface area is 165 Å². The molecular formula is C14H11ClNNaO4S2. The minimum absolute atomic E-state index is 0. The van der Waals surface area contributed by atoms with Gasteiger partial charge < -0.3 is 14.3 Å². The summed E-state index contributed by atoms with van der Waals surface area (Å²) < 4.78 is 31.9. The Hall–Kier alpha value is -0.830. The van der Waals surface area contributed by atoms with Crippen LogP contribution in [-0.4, -0.2) is 21.4 Å². The molecule has 5 nitrogen and oxygen atoms in total. The molecule has 0 unspecified atom stereocenters. The predicted octanol–water partition coefficient (Wildman–Crippen LogP) is 0.929. The summed E-state index contributed by atoms with van der Waals surface area (Å²) in [5.74, 6) is -0.747. The molecular weight excluding hydrogens is 369 g/mol. The Kier molecular flexibility index (Phi) is 7.79. The molecule has 0 radical (unpaired) electrons. The summed E-state index contributed by atoms with van der Waals surface area (Å²) in [6.07, 6.45) is 1.38. The standard InChI is InChI=1S/C14H12ClNO4S2.Na/c1-20-13-9-10(15)4-5-12(13)14(17)16-22(18,19)8-6-11-3-2-7-21-11;/h2-9H,1H3,(H,16,17);/q;+1/p-1/b8-6+;. The van der Waals surface area contributed by atoms with Crippen molar-refractivity contribution < 1.29 is 47.5 Å². The second kappa shape index (κ2) is 8.86. The summed E-state index contributed by atoms with van der Waals surface area (Å²) in [4.78, 5) is 12.8. The fourth-order valence-electron chi connectivity index (χ4n) is 1.58. The maximum atomic E-state index is 12.0. The Morgan fingerprint density at radius 2 is 2.09 bits per heavy atom. The first-order valence-corrected chi connectivity index (χ1v) is 8.75. The molecule has 1 aromatic carbocycles. The van der Waals surface area contributed by atoms with Gasteiger partial charge >= 0.3 is 29.6 Å². The van der Waals surface area contributed by atoms with Crippen LogP contribution in [0.15, 0.2) is 41.1 Å². The fourth-order valence-corrected chi connectivity index (χ4v) is 3.15. The molecule has 0 N–H and O–H groups in total. The van der Waals surface area contributed by atoms with Crippen LogP contribution in [0.25, 0.3) is 10.8 Å². The number of methoxy groups -OCH3 is 1. The smallest absolute Gasteiger partial charge is 0.538 e. The topological polar surface area (TPSA) is 74.5 Å². The molecule has 1 amide bonds. The summed E-state index contributed by atoms with van der Waals surface area (Å²) in [5.41, 5.74) is 0.0278. The third-order valence-electron chi connectivity index (χ3n) is 2.55. The van der Waals surface area contributed by atoms with Gasteiger partial charge in [0, 0.05) is 20.9 Å². The van der Waals surface area contributed by atoms with E-state index in [-0.39, 0.29) is 40.9 Å². The summed E-state index contributed by atoms with van der Waals surface area (Å²) in [7, 11) is -2.67. The van der Waals surface area contributed by atoms with Gasteiger partial charge in [-0.25, -0.2) is 8.42 Å². The van der Waals surface area contributed by atoms with Gasteiger partial charge in [-0.3, -0.25) is 0 Å². The molecule has 0 bridgehead atoms. The SMILES string of the molecule is COc1cc(Cl)ccc1C(=O)[N-]S(=O)(=O)/C=C/c1cccs1.[Na+]. The van der Waals surface area contributed by atoms with Crippen molar-refractivity contribution in [1.29, 1.82) is 0 Å². The van der Waals surface area contributed by atoms with Gasteiger partial charge in [0.1, 0.15) is 15.8 Å². The third kappa shape index (κ3) is 5.95. The molecule has 0 saturated carbocycles. The third-order valence-corrected chi connectivity index (χ3v) is 4.52. The molecule has 9 heteroatoms. The zero-order valence-corrected chi connectivity index (χ0v) is 16.8. The number of sulfonamides is 1. The van der Waals surface area contributed by atoms with Gasteiger partial charge in [-0.2, -0.15) is 0 Å². The summed E-state index contributed by atoms with van der Waals surface area (Å²) in [6.45, 7) is 0. The number of rotatable bonds is 5. The maximum Gasteiger partial charge on any atom is 1.00 e. The first-order valence-electron chi connectivity index (χ1n) is 5.99. The molecule has 2 rings (SSSR count). The van der Waals surface area contributed by atoms with Crippen molar-refractivity contribution in [3.63, 3.8) is 0 Å². The number of benzene rings is 1. The van der Waals surface area contributed by atoms with E-state index in [1.54, 1.807) is 12.1 Å². The van der Waals surface area contributed by atoms with Crippen molar-refractivity contribution in [2.24, 2.45) is 0 Å². The Morgan fingerprint density at radius 1 is 1.35 bits per heavy atom. The van der Waals surface area contributed by atoms with E-state index in [1.807, 2.05) is 5.38 Å². The van der Waals surface area contributed by atoms with Crippen LogP contribution >= 0.6 is 22.9 Å². The minimum Gasteiger partial charge on any atom is -0.538 e. The first-order chi connectivity index (χ1) is 10.4. The molecule has 0 spiro atoms. The summed E-state index contributed by atoms with van der Waals surface area (Å²) in [6, 6.07) is 7.78. The van der Waals surface area contributed by atoms with E-state index >= 15 is 0 Å². The van der Waals surface area contributed by atoms with E-state index < -0.39 is 15.9 Å². The Balaban J connectivity index is 0.00000264. The predicted molar refractivity (Wildman–Crippen MR) is 88.0 cm³/mol. The Bertz CT molecular complexity index is 804. The normalized spacial score (nSPS) is 11.0. The van der Waals surface area contributed by atoms with Crippen LogP contribution in [0.4, 0.5) is 0 Å². The number of amides is 1. The number of carbonyl (C=O) groups is 1. The Morgan fingerprint density at radius 3 is 2.70 bits per heavy atom. The van der Waals surface area contributed by atoms with Gasteiger partial charge in [0.15, 0.2) is 0 Å². The van der Waals surface area contributed by atoms with Crippen LogP contribution < -0.4 is 34.3 Å². The van der Waals surface area contributed by atoms with Crippen molar-refractivity contribution >= 4 is 44.9 Å². The summed E-state index contributed by atoms with van der Waals surface area (Å²) in [5, 5.41) is 3.07. The molecule has 2 aromatic rings. The van der Waals surface area contributed by atoms with E-state index in [2.05, 4.69) is 4.72 Å². The quantitative estimate of drug-likeness (QED) is 0.724. The first kappa shape index (κ1) is 20.2. The van der Waals surface area contributed by atoms with Crippen LogP contribution in [0.2, 0.25) is 5.02 Å². The number of thiophene rings is 1. The van der Waals surface area contributed by atoms with Crippen molar-refractivity contribution in [3.05, 3.63) is 61.3 Å². The molecule has 116 valence electrons. The van der Waals surface area contributed by atoms with E-state index in [1.165, 1.54) is 42.7 Å². The molecule has 0 atom stereocenters. The molecule has 0 fully saturated rings. The van der Waals surface area contributed by atoms with E-state index in [9.17, 15) is 13.2 Å². The van der Waals surface area contributed by atoms with Crippen LogP contribution in [0.3, 0.4) is 0 Å². The van der Waals surface area contributed by atoms with Crippen LogP contribution in [0.5, 0.6) is 5.75 Å². The molecule has 0 aliphatic heterocycles. The van der Waals surface area contributed by atoms with E-state index in [0.717, 1.165) is 10.3 Å². The average Bonchev–Trinajstić information content (AvgIpc) is 2.97. The maximum absolute atomic E-state index is 12.0. The van der Waals surface area contributed by atoms with E-state index in [0.29, 0.717) is 5.02 Å². The van der Waals surface area contributed by atoms with Gasteiger partial charge in [-0.1, -0.05) is 17.7 Å². The number of carbonyl (C=O) groups excluding carboxylic acids is 1. The molecule has 0 saturated heterocycles. The summed E-state index contributed by atoms with van der Waals surface area (Å²) >= 11 is 7.16. The zero-order valence-electron chi connectivity index (χ0n) is 12.4. The van der Waals surface area contributed by atoms with E-state index in [4.69, 9.17) is 16.3 Å². The molecule has 0 aliphatic rings. The van der Waals surface area contributed by atoms with Crippen LogP contribution in [0.1, 0.15) is 15.2 Å². The number of hydrogen-bond acceptors (Lipinski definition) is 5. The number of ether oxygens (including phenoxy) is 1. The van der Waals surface area contributed by atoms with Crippen molar-refractivity contribution in [2.45, 2.75) is 0 Å². The fraction of sp³-hybridized carbons (Fsp3) is 0.0714. The van der Waals surface area contributed by atoms with Crippen molar-refractivity contribution in [1.82, 2.24) is 0 Å². The van der Waals surface area contributed by atoms with Crippen LogP contribution in [-0.2, 0) is 10.0 Å². The molecule has 1 heterocycles. The average molecular weight is 380 g/mol. The zero-order chi connectivity index (χ0) is 16.2. The number of nitrogens with zero attached hydrogens (tertiary/aromatic N) is 1. The second-order valence-electron chi connectivity index (χ2n) is 4.07. The molecule has 1 aromatic heterocycles.